The summed E-state index contributed by atoms with van der Waals surface area (Å²) in [6.45, 7) is 7.34. The molecular weight excluding hydrogens is 368 g/mol. The Morgan fingerprint density at radius 2 is 2.00 bits per heavy atom. The lowest BCUT2D eigenvalue weighted by Gasteiger charge is -2.18. The van der Waals surface area contributed by atoms with Crippen LogP contribution in [0.25, 0.3) is 11.2 Å². The first-order valence-electron chi connectivity index (χ1n) is 9.07. The third-order valence-corrected chi connectivity index (χ3v) is 6.53. The van der Waals surface area contributed by atoms with E-state index in [9.17, 15) is 15.3 Å². The normalized spacial score (nSPS) is 26.0. The topological polar surface area (TPSA) is 152 Å². The van der Waals surface area contributed by atoms with Crippen molar-refractivity contribution in [3.63, 3.8) is 0 Å². The van der Waals surface area contributed by atoms with E-state index < -0.39 is 39.2 Å². The van der Waals surface area contributed by atoms with Gasteiger partial charge in [0.25, 0.3) is 0 Å². The maximum atomic E-state index is 10.3. The summed E-state index contributed by atoms with van der Waals surface area (Å²) in [5, 5.41) is 32.9. The average Bonchev–Trinajstić information content (AvgIpc) is 3.08. The highest BCUT2D eigenvalue weighted by atomic mass is 28.3. The van der Waals surface area contributed by atoms with E-state index in [0.717, 1.165) is 13.0 Å². The van der Waals surface area contributed by atoms with Crippen LogP contribution in [-0.2, 0) is 4.74 Å². The van der Waals surface area contributed by atoms with Crippen molar-refractivity contribution in [2.24, 2.45) is 0 Å². The predicted molar refractivity (Wildman–Crippen MR) is 104 cm³/mol. The van der Waals surface area contributed by atoms with Crippen LogP contribution >= 0.6 is 0 Å². The van der Waals surface area contributed by atoms with Crippen LogP contribution in [0.5, 0.6) is 0 Å². The number of fused-ring (bicyclic) bond motifs is 1. The van der Waals surface area contributed by atoms with Crippen LogP contribution in [0.1, 0.15) is 12.6 Å². The van der Waals surface area contributed by atoms with Gasteiger partial charge in [0.2, 0.25) is 5.95 Å². The minimum absolute atomic E-state index is 0.0884. The van der Waals surface area contributed by atoms with Gasteiger partial charge in [0, 0.05) is 14.6 Å². The van der Waals surface area contributed by atoms with Gasteiger partial charge in [-0.05, 0) is 6.42 Å². The number of anilines is 2. The summed E-state index contributed by atoms with van der Waals surface area (Å²) in [4.78, 5) is 12.8. The van der Waals surface area contributed by atoms with Crippen LogP contribution < -0.4 is 11.1 Å². The molecule has 2 aromatic heterocycles. The summed E-state index contributed by atoms with van der Waals surface area (Å²) in [5.41, 5.74) is 6.90. The van der Waals surface area contributed by atoms with Gasteiger partial charge in [0.05, 0.1) is 6.61 Å². The van der Waals surface area contributed by atoms with E-state index in [-0.39, 0.29) is 5.95 Å². The first-order chi connectivity index (χ1) is 12.7. The van der Waals surface area contributed by atoms with Crippen molar-refractivity contribution in [1.82, 2.24) is 19.5 Å². The lowest BCUT2D eigenvalue weighted by Crippen LogP contribution is -2.33. The van der Waals surface area contributed by atoms with Crippen LogP contribution in [0, 0.1) is 0 Å². The van der Waals surface area contributed by atoms with Crippen molar-refractivity contribution >= 4 is 31.0 Å². The van der Waals surface area contributed by atoms with Gasteiger partial charge >= 0.3 is 0 Å². The molecule has 2 aromatic rings. The molecule has 150 valence electrons. The molecule has 11 heteroatoms. The number of rotatable bonds is 7. The number of nitrogens with two attached hydrogens (primary N) is 1. The van der Waals surface area contributed by atoms with E-state index in [1.54, 1.807) is 0 Å². The molecule has 1 saturated heterocycles. The summed E-state index contributed by atoms with van der Waals surface area (Å²) in [6.07, 6.45) is -1.95. The molecule has 1 aliphatic heterocycles. The van der Waals surface area contributed by atoms with Crippen LogP contribution in [0.3, 0.4) is 0 Å². The minimum atomic E-state index is -1.26. The smallest absolute Gasteiger partial charge is 0.204 e. The van der Waals surface area contributed by atoms with Gasteiger partial charge in [-0.25, -0.2) is 15.0 Å². The van der Waals surface area contributed by atoms with Gasteiger partial charge in [-0.3, -0.25) is 4.57 Å². The Hall–Kier alpha value is -1.79. The Bertz CT molecular complexity index is 795. The summed E-state index contributed by atoms with van der Waals surface area (Å²) < 4.78 is 6.99. The number of ether oxygens (including phenoxy) is 1. The monoisotopic (exact) mass is 396 g/mol. The second-order valence-electron chi connectivity index (χ2n) is 8.05. The summed E-state index contributed by atoms with van der Waals surface area (Å²) in [7, 11) is -1.10. The number of aliphatic hydroxyl groups excluding tert-OH is 3. The molecule has 1 fully saturated rings. The number of nitrogen functional groups attached to an aromatic ring is 1. The van der Waals surface area contributed by atoms with Crippen molar-refractivity contribution < 1.29 is 20.1 Å². The minimum Gasteiger partial charge on any atom is -0.394 e. The third-order valence-electron chi connectivity index (χ3n) is 4.67. The number of hydrogen-bond donors (Lipinski definition) is 5. The first kappa shape index (κ1) is 20.0. The Morgan fingerprint density at radius 3 is 2.63 bits per heavy atom. The van der Waals surface area contributed by atoms with Crippen molar-refractivity contribution in [2.75, 3.05) is 24.2 Å². The van der Waals surface area contributed by atoms with E-state index in [4.69, 9.17) is 10.5 Å². The molecule has 0 amide bonds. The fourth-order valence-corrected chi connectivity index (χ4v) is 4.46. The van der Waals surface area contributed by atoms with Gasteiger partial charge < -0.3 is 31.1 Å². The van der Waals surface area contributed by atoms with E-state index in [2.05, 4.69) is 39.9 Å². The fraction of sp³-hybridized carbons (Fsp3) is 0.688. The number of nitrogens with zero attached hydrogens (tertiary/aromatic N) is 4. The molecule has 0 bridgehead atoms. The fourth-order valence-electron chi connectivity index (χ4n) is 3.22. The van der Waals surface area contributed by atoms with Crippen molar-refractivity contribution in [3.05, 3.63) is 6.33 Å². The average molecular weight is 397 g/mol. The Balaban J connectivity index is 1.84. The van der Waals surface area contributed by atoms with Crippen molar-refractivity contribution in [2.45, 2.75) is 56.6 Å². The van der Waals surface area contributed by atoms with E-state index in [0.29, 0.717) is 17.0 Å². The molecular formula is C16H28N6O4Si. The molecule has 0 aliphatic carbocycles. The predicted octanol–water partition coefficient (Wildman–Crippen LogP) is 0.160. The first-order valence-corrected chi connectivity index (χ1v) is 12.8. The van der Waals surface area contributed by atoms with Crippen molar-refractivity contribution in [3.8, 4) is 0 Å². The number of hydrogen-bond acceptors (Lipinski definition) is 9. The largest absolute Gasteiger partial charge is 0.394 e. The second kappa shape index (κ2) is 7.68. The van der Waals surface area contributed by atoms with E-state index >= 15 is 0 Å². The highest BCUT2D eigenvalue weighted by molar-refractivity contribution is 6.76. The van der Waals surface area contributed by atoms with Gasteiger partial charge in [0.15, 0.2) is 23.2 Å². The number of imidazole rings is 1. The molecule has 0 aromatic carbocycles. The Kier molecular flexibility index (Phi) is 5.67. The molecule has 6 N–H and O–H groups in total. The Morgan fingerprint density at radius 1 is 1.26 bits per heavy atom. The molecule has 4 atom stereocenters. The van der Waals surface area contributed by atoms with Gasteiger partial charge in [-0.15, -0.1) is 0 Å². The number of aromatic nitrogens is 4. The van der Waals surface area contributed by atoms with E-state index in [1.807, 2.05) is 0 Å². The lowest BCUT2D eigenvalue weighted by atomic mass is 10.1. The van der Waals surface area contributed by atoms with Gasteiger partial charge in [0.1, 0.15) is 24.6 Å². The molecule has 0 saturated carbocycles. The quantitative estimate of drug-likeness (QED) is 0.325. The summed E-state index contributed by atoms with van der Waals surface area (Å²) in [5.74, 6) is 0.651. The second-order valence-corrected chi connectivity index (χ2v) is 13.7. The molecule has 3 rings (SSSR count). The standard InChI is InChI=1S/C16H28N6O4Si/c1-27(2,3)6-4-5-18-13-10-14(20-8-19-13)22(16(17)21-10)15-12(25)11(24)9(7-23)26-15/h8-9,11-12,15,23-25H,4-7H2,1-3H3,(H2,17,21)(H,18,19,20)/t9-,11-,12-,15-/m0/s1. The summed E-state index contributed by atoms with van der Waals surface area (Å²) in [6, 6.07) is 1.20. The molecule has 0 radical (unpaired) electrons. The highest BCUT2D eigenvalue weighted by Crippen LogP contribution is 2.34. The maximum Gasteiger partial charge on any atom is 0.204 e. The molecule has 1 aliphatic rings. The molecule has 3 heterocycles. The lowest BCUT2D eigenvalue weighted by molar-refractivity contribution is -0.0500. The number of nitrogens with one attached hydrogen (secondary N) is 1. The zero-order chi connectivity index (χ0) is 19.8. The molecule has 0 unspecified atom stereocenters. The zero-order valence-corrected chi connectivity index (χ0v) is 16.8. The van der Waals surface area contributed by atoms with Crippen LogP contribution in [0.15, 0.2) is 6.33 Å². The zero-order valence-electron chi connectivity index (χ0n) is 15.8. The number of aliphatic hydroxyl groups is 3. The van der Waals surface area contributed by atoms with Crippen LogP contribution in [0.2, 0.25) is 25.7 Å². The third kappa shape index (κ3) is 4.06. The van der Waals surface area contributed by atoms with Gasteiger partial charge in [-0.1, -0.05) is 25.7 Å². The SMILES string of the molecule is C[Si](C)(C)CCCNc1ncnc2c1nc(N)n2[C@H]1O[C@@H](CO)[C@H](O)[C@@H]1O. The highest BCUT2D eigenvalue weighted by Gasteiger charge is 2.44. The van der Waals surface area contributed by atoms with Gasteiger partial charge in [-0.2, -0.15) is 0 Å². The Labute approximate surface area is 158 Å². The van der Waals surface area contributed by atoms with E-state index in [1.165, 1.54) is 16.9 Å². The maximum absolute atomic E-state index is 10.3. The molecule has 10 nitrogen and oxygen atoms in total. The van der Waals surface area contributed by atoms with Crippen LogP contribution in [0.4, 0.5) is 11.8 Å². The van der Waals surface area contributed by atoms with Crippen molar-refractivity contribution in [1.29, 1.82) is 0 Å². The molecule has 0 spiro atoms. The molecule has 27 heavy (non-hydrogen) atoms. The summed E-state index contributed by atoms with van der Waals surface area (Å²) >= 11 is 0. The van der Waals surface area contributed by atoms with Crippen LogP contribution in [-0.4, -0.2) is 74.4 Å².